The first kappa shape index (κ1) is 11.0. The zero-order valence-electron chi connectivity index (χ0n) is 7.71. The molecule has 0 aliphatic rings. The molecule has 2 nitrogen and oxygen atoms in total. The normalized spacial score (nSPS) is 14.8. The Hall–Kier alpha value is -0.970. The molecule has 0 saturated carbocycles. The highest BCUT2D eigenvalue weighted by molar-refractivity contribution is 5.70. The molecule has 0 aromatic heterocycles. The fourth-order valence-corrected chi connectivity index (χ4v) is 1.07. The molecular weight excluding hydrogens is 152 g/mol. The van der Waals surface area contributed by atoms with Crippen LogP contribution in [0.4, 0.5) is 0 Å². The van der Waals surface area contributed by atoms with Crippen LogP contribution in [0.2, 0.25) is 0 Å². The van der Waals surface area contributed by atoms with Gasteiger partial charge in [0.25, 0.3) is 0 Å². The Morgan fingerprint density at radius 3 is 2.58 bits per heavy atom. The van der Waals surface area contributed by atoms with Crippen molar-refractivity contribution in [3.63, 3.8) is 0 Å². The van der Waals surface area contributed by atoms with Crippen LogP contribution in [-0.4, -0.2) is 11.1 Å². The summed E-state index contributed by atoms with van der Waals surface area (Å²) in [5.74, 6) is 1.72. The van der Waals surface area contributed by atoms with Gasteiger partial charge in [0.05, 0.1) is 5.92 Å². The van der Waals surface area contributed by atoms with Crippen molar-refractivity contribution in [2.24, 2.45) is 11.8 Å². The highest BCUT2D eigenvalue weighted by Gasteiger charge is 2.18. The second-order valence-corrected chi connectivity index (χ2v) is 3.19. The van der Waals surface area contributed by atoms with Crippen LogP contribution in [0.3, 0.4) is 0 Å². The molecule has 0 fully saturated rings. The topological polar surface area (TPSA) is 37.3 Å². The fourth-order valence-electron chi connectivity index (χ4n) is 1.07. The van der Waals surface area contributed by atoms with Crippen LogP contribution in [0, 0.1) is 24.2 Å². The summed E-state index contributed by atoms with van der Waals surface area (Å²) < 4.78 is 0. The Balaban J connectivity index is 3.97. The molecule has 0 rings (SSSR count). The van der Waals surface area contributed by atoms with Gasteiger partial charge >= 0.3 is 5.97 Å². The number of rotatable bonds is 5. The molecule has 2 heteroatoms. The smallest absolute Gasteiger partial charge is 0.307 e. The van der Waals surface area contributed by atoms with E-state index in [0.717, 1.165) is 6.42 Å². The largest absolute Gasteiger partial charge is 0.481 e. The fraction of sp³-hybridized carbons (Fsp3) is 0.700. The summed E-state index contributed by atoms with van der Waals surface area (Å²) >= 11 is 0. The lowest BCUT2D eigenvalue weighted by Crippen LogP contribution is -2.16. The van der Waals surface area contributed by atoms with Crippen molar-refractivity contribution in [1.29, 1.82) is 0 Å². The average molecular weight is 168 g/mol. The monoisotopic (exact) mass is 168 g/mol. The SMILES string of the molecule is C#CCC(CC(C)CC)C(=O)O. The predicted molar refractivity (Wildman–Crippen MR) is 48.6 cm³/mol. The maximum atomic E-state index is 10.6. The lowest BCUT2D eigenvalue weighted by Gasteiger charge is -2.13. The van der Waals surface area contributed by atoms with E-state index in [-0.39, 0.29) is 5.92 Å². The van der Waals surface area contributed by atoms with Crippen LogP contribution in [0.5, 0.6) is 0 Å². The Bertz CT molecular complexity index is 179. The minimum absolute atomic E-state index is 0.347. The molecule has 0 aliphatic carbocycles. The van der Waals surface area contributed by atoms with Crippen molar-refractivity contribution in [2.75, 3.05) is 0 Å². The Morgan fingerprint density at radius 1 is 1.67 bits per heavy atom. The summed E-state index contributed by atoms with van der Waals surface area (Å²) in [6.45, 7) is 4.10. The molecule has 0 saturated heterocycles. The van der Waals surface area contributed by atoms with Crippen molar-refractivity contribution in [3.05, 3.63) is 0 Å². The zero-order chi connectivity index (χ0) is 9.56. The van der Waals surface area contributed by atoms with E-state index >= 15 is 0 Å². The van der Waals surface area contributed by atoms with E-state index in [2.05, 4.69) is 12.8 Å². The lowest BCUT2D eigenvalue weighted by atomic mass is 9.92. The van der Waals surface area contributed by atoms with Crippen LogP contribution < -0.4 is 0 Å². The van der Waals surface area contributed by atoms with Gasteiger partial charge in [-0.3, -0.25) is 4.79 Å². The van der Waals surface area contributed by atoms with Crippen molar-refractivity contribution < 1.29 is 9.90 Å². The average Bonchev–Trinajstić information content (AvgIpc) is 2.03. The van der Waals surface area contributed by atoms with Crippen molar-refractivity contribution >= 4 is 5.97 Å². The van der Waals surface area contributed by atoms with E-state index in [4.69, 9.17) is 11.5 Å². The molecule has 0 aromatic carbocycles. The van der Waals surface area contributed by atoms with Crippen molar-refractivity contribution in [3.8, 4) is 12.3 Å². The first-order chi connectivity index (χ1) is 5.61. The van der Waals surface area contributed by atoms with E-state index in [1.165, 1.54) is 0 Å². The number of terminal acetylenes is 1. The molecule has 2 atom stereocenters. The van der Waals surface area contributed by atoms with Gasteiger partial charge in [0, 0.05) is 6.42 Å². The molecule has 0 aromatic rings. The highest BCUT2D eigenvalue weighted by atomic mass is 16.4. The van der Waals surface area contributed by atoms with Gasteiger partial charge in [0.15, 0.2) is 0 Å². The minimum atomic E-state index is -0.770. The highest BCUT2D eigenvalue weighted by Crippen LogP contribution is 2.17. The number of carboxylic acids is 1. The Morgan fingerprint density at radius 2 is 2.25 bits per heavy atom. The first-order valence-electron chi connectivity index (χ1n) is 4.28. The molecule has 12 heavy (non-hydrogen) atoms. The van der Waals surface area contributed by atoms with Crippen LogP contribution in [0.1, 0.15) is 33.1 Å². The summed E-state index contributed by atoms with van der Waals surface area (Å²) in [5, 5.41) is 8.75. The molecule has 0 radical (unpaired) electrons. The molecule has 0 heterocycles. The molecule has 2 unspecified atom stereocenters. The summed E-state index contributed by atoms with van der Waals surface area (Å²) in [5.41, 5.74) is 0. The molecule has 0 amide bonds. The van der Waals surface area contributed by atoms with Gasteiger partial charge in [-0.2, -0.15) is 0 Å². The van der Waals surface area contributed by atoms with Gasteiger partial charge in [-0.05, 0) is 12.3 Å². The van der Waals surface area contributed by atoms with E-state index in [0.29, 0.717) is 18.8 Å². The molecular formula is C10H16O2. The van der Waals surface area contributed by atoms with Crippen LogP contribution in [0.15, 0.2) is 0 Å². The maximum absolute atomic E-state index is 10.6. The predicted octanol–water partition coefficient (Wildman–Crippen LogP) is 2.15. The van der Waals surface area contributed by atoms with E-state index < -0.39 is 5.97 Å². The third kappa shape index (κ3) is 4.02. The minimum Gasteiger partial charge on any atom is -0.481 e. The molecule has 68 valence electrons. The standard InChI is InChI=1S/C10H16O2/c1-4-6-9(10(11)12)7-8(3)5-2/h1,8-9H,5-7H2,2-3H3,(H,11,12). The molecule has 1 N–H and O–H groups in total. The number of hydrogen-bond acceptors (Lipinski definition) is 1. The summed E-state index contributed by atoms with van der Waals surface area (Å²) in [6, 6.07) is 0. The van der Waals surface area contributed by atoms with Gasteiger partial charge in [0.2, 0.25) is 0 Å². The number of hydrogen-bond donors (Lipinski definition) is 1. The van der Waals surface area contributed by atoms with Gasteiger partial charge in [-0.15, -0.1) is 12.3 Å². The summed E-state index contributed by atoms with van der Waals surface area (Å²) in [7, 11) is 0. The van der Waals surface area contributed by atoms with Gasteiger partial charge in [0.1, 0.15) is 0 Å². The third-order valence-corrected chi connectivity index (χ3v) is 2.10. The number of carbonyl (C=O) groups is 1. The van der Waals surface area contributed by atoms with Crippen molar-refractivity contribution in [2.45, 2.75) is 33.1 Å². The maximum Gasteiger partial charge on any atom is 0.307 e. The second kappa shape index (κ2) is 5.65. The molecule has 0 aliphatic heterocycles. The number of carboxylic acid groups (broad SMARTS) is 1. The van der Waals surface area contributed by atoms with Gasteiger partial charge < -0.3 is 5.11 Å². The van der Waals surface area contributed by atoms with Crippen LogP contribution in [0.25, 0.3) is 0 Å². The van der Waals surface area contributed by atoms with E-state index in [1.807, 2.05) is 6.92 Å². The molecule has 0 spiro atoms. The zero-order valence-corrected chi connectivity index (χ0v) is 7.71. The summed E-state index contributed by atoms with van der Waals surface area (Å²) in [6.07, 6.45) is 7.12. The quantitative estimate of drug-likeness (QED) is 0.638. The third-order valence-electron chi connectivity index (χ3n) is 2.10. The lowest BCUT2D eigenvalue weighted by molar-refractivity contribution is -0.142. The second-order valence-electron chi connectivity index (χ2n) is 3.19. The molecule has 0 bridgehead atoms. The van der Waals surface area contributed by atoms with Gasteiger partial charge in [-0.1, -0.05) is 20.3 Å². The van der Waals surface area contributed by atoms with E-state index in [1.54, 1.807) is 0 Å². The Labute approximate surface area is 74.0 Å². The van der Waals surface area contributed by atoms with Crippen LogP contribution >= 0.6 is 0 Å². The van der Waals surface area contributed by atoms with Crippen molar-refractivity contribution in [1.82, 2.24) is 0 Å². The van der Waals surface area contributed by atoms with Gasteiger partial charge in [-0.25, -0.2) is 0 Å². The number of aliphatic carboxylic acids is 1. The first-order valence-corrected chi connectivity index (χ1v) is 4.28. The van der Waals surface area contributed by atoms with E-state index in [9.17, 15) is 4.79 Å². The Kier molecular flexibility index (Phi) is 5.19. The van der Waals surface area contributed by atoms with Crippen LogP contribution in [-0.2, 0) is 4.79 Å². The summed E-state index contributed by atoms with van der Waals surface area (Å²) in [4.78, 5) is 10.6.